The van der Waals surface area contributed by atoms with Gasteiger partial charge in [0.2, 0.25) is 0 Å². The zero-order valence-corrected chi connectivity index (χ0v) is 10.2. The molecule has 0 spiro atoms. The van der Waals surface area contributed by atoms with Crippen LogP contribution in [-0.2, 0) is 11.8 Å². The summed E-state index contributed by atoms with van der Waals surface area (Å²) in [5.74, 6) is 0.448. The van der Waals surface area contributed by atoms with Crippen molar-refractivity contribution in [2.24, 2.45) is 12.8 Å². The van der Waals surface area contributed by atoms with Gasteiger partial charge in [0.1, 0.15) is 0 Å². The summed E-state index contributed by atoms with van der Waals surface area (Å²) in [6, 6.07) is 0. The Labute approximate surface area is 101 Å². The highest BCUT2D eigenvalue weighted by molar-refractivity contribution is 5.97. The molecule has 17 heavy (non-hydrogen) atoms. The molecule has 1 aliphatic rings. The van der Waals surface area contributed by atoms with Gasteiger partial charge in [-0.05, 0) is 19.4 Å². The molecule has 1 fully saturated rings. The Balaban J connectivity index is 2.22. The van der Waals surface area contributed by atoms with Gasteiger partial charge in [0.15, 0.2) is 5.78 Å². The highest BCUT2D eigenvalue weighted by atomic mass is 16.5. The number of rotatable bonds is 4. The molecular weight excluding hydrogens is 218 g/mol. The number of nitrogens with two attached hydrogens (primary N) is 1. The zero-order chi connectivity index (χ0) is 12.3. The van der Waals surface area contributed by atoms with Crippen LogP contribution in [0.3, 0.4) is 0 Å². The summed E-state index contributed by atoms with van der Waals surface area (Å²) in [5, 5.41) is 4.44. The quantitative estimate of drug-likeness (QED) is 0.788. The molecule has 0 aliphatic carbocycles. The molecule has 0 bridgehead atoms. The molecule has 0 aromatic carbocycles. The van der Waals surface area contributed by atoms with E-state index < -0.39 is 0 Å². The number of nitrogens with zero attached hydrogens (tertiary/aromatic N) is 2. The van der Waals surface area contributed by atoms with Crippen LogP contribution in [0.4, 0.5) is 0 Å². The first-order chi connectivity index (χ1) is 8.22. The molecular formula is C12H19N3O2. The Morgan fingerprint density at radius 1 is 1.59 bits per heavy atom. The predicted octanol–water partition coefficient (Wildman–Crippen LogP) is 0.846. The maximum Gasteiger partial charge on any atom is 0.167 e. The normalized spacial score (nSPS) is 17.3. The number of aryl methyl sites for hydroxylation is 1. The van der Waals surface area contributed by atoms with E-state index in [2.05, 4.69) is 5.10 Å². The maximum atomic E-state index is 12.0. The summed E-state index contributed by atoms with van der Waals surface area (Å²) >= 11 is 0. The highest BCUT2D eigenvalue weighted by Gasteiger charge is 2.24. The minimum absolute atomic E-state index is 0.0992. The van der Waals surface area contributed by atoms with Gasteiger partial charge in [-0.3, -0.25) is 9.48 Å². The fraction of sp³-hybridized carbons (Fsp3) is 0.667. The molecule has 1 saturated heterocycles. The lowest BCUT2D eigenvalue weighted by molar-refractivity contribution is 0.0835. The summed E-state index contributed by atoms with van der Waals surface area (Å²) in [5.41, 5.74) is 7.10. The van der Waals surface area contributed by atoms with Crippen molar-refractivity contribution in [2.45, 2.75) is 25.2 Å². The minimum Gasteiger partial charge on any atom is -0.381 e. The third-order valence-electron chi connectivity index (χ3n) is 3.14. The van der Waals surface area contributed by atoms with E-state index in [1.54, 1.807) is 4.68 Å². The molecule has 2 rings (SSSR count). The zero-order valence-electron chi connectivity index (χ0n) is 10.2. The minimum atomic E-state index is 0.0992. The van der Waals surface area contributed by atoms with Crippen molar-refractivity contribution in [3.63, 3.8) is 0 Å². The molecule has 2 heterocycles. The smallest absolute Gasteiger partial charge is 0.167 e. The highest BCUT2D eigenvalue weighted by Crippen LogP contribution is 2.28. The molecule has 1 aliphatic heterocycles. The summed E-state index contributed by atoms with van der Waals surface area (Å²) in [6.45, 7) is 1.90. The number of carbonyl (C=O) groups is 1. The first kappa shape index (κ1) is 12.3. The molecule has 0 atom stereocenters. The van der Waals surface area contributed by atoms with Gasteiger partial charge in [-0.15, -0.1) is 0 Å². The van der Waals surface area contributed by atoms with Crippen LogP contribution in [0, 0.1) is 0 Å². The van der Waals surface area contributed by atoms with Crippen molar-refractivity contribution in [1.29, 1.82) is 0 Å². The molecule has 0 radical (unpaired) electrons. The largest absolute Gasteiger partial charge is 0.381 e. The first-order valence-electron chi connectivity index (χ1n) is 6.07. The van der Waals surface area contributed by atoms with E-state index in [1.807, 2.05) is 13.2 Å². The van der Waals surface area contributed by atoms with Crippen LogP contribution in [0.15, 0.2) is 6.20 Å². The fourth-order valence-electron chi connectivity index (χ4n) is 2.26. The number of hydrogen-bond donors (Lipinski definition) is 1. The summed E-state index contributed by atoms with van der Waals surface area (Å²) in [6.07, 6.45) is 4.09. The van der Waals surface area contributed by atoms with Crippen molar-refractivity contribution in [2.75, 3.05) is 19.8 Å². The predicted molar refractivity (Wildman–Crippen MR) is 64.0 cm³/mol. The molecule has 1 aromatic heterocycles. The third-order valence-corrected chi connectivity index (χ3v) is 3.14. The van der Waals surface area contributed by atoms with Crippen LogP contribution >= 0.6 is 0 Å². The second-order valence-corrected chi connectivity index (χ2v) is 4.45. The number of hydrogen-bond acceptors (Lipinski definition) is 4. The SMILES string of the molecule is Cn1cc(C(=O)CCN)c(C2CCOCC2)n1. The molecule has 94 valence electrons. The fourth-order valence-corrected chi connectivity index (χ4v) is 2.26. The maximum absolute atomic E-state index is 12.0. The van der Waals surface area contributed by atoms with Gasteiger partial charge < -0.3 is 10.5 Å². The van der Waals surface area contributed by atoms with E-state index >= 15 is 0 Å². The number of carbonyl (C=O) groups excluding carboxylic acids is 1. The molecule has 0 amide bonds. The summed E-state index contributed by atoms with van der Waals surface area (Å²) < 4.78 is 7.05. The van der Waals surface area contributed by atoms with Crippen molar-refractivity contribution in [1.82, 2.24) is 9.78 Å². The Hall–Kier alpha value is -1.20. The molecule has 0 saturated carbocycles. The number of ketones is 1. The van der Waals surface area contributed by atoms with Gasteiger partial charge >= 0.3 is 0 Å². The Kier molecular flexibility index (Phi) is 3.91. The average Bonchev–Trinajstić information content (AvgIpc) is 2.73. The Morgan fingerprint density at radius 3 is 2.94 bits per heavy atom. The van der Waals surface area contributed by atoms with Gasteiger partial charge in [-0.2, -0.15) is 5.10 Å². The molecule has 0 unspecified atom stereocenters. The van der Waals surface area contributed by atoms with Crippen LogP contribution in [0.25, 0.3) is 0 Å². The van der Waals surface area contributed by atoms with E-state index in [1.165, 1.54) is 0 Å². The van der Waals surface area contributed by atoms with E-state index in [0.717, 1.165) is 37.3 Å². The van der Waals surface area contributed by atoms with E-state index in [0.29, 0.717) is 18.9 Å². The lowest BCUT2D eigenvalue weighted by atomic mass is 9.92. The van der Waals surface area contributed by atoms with E-state index in [-0.39, 0.29) is 5.78 Å². The van der Waals surface area contributed by atoms with Crippen LogP contribution < -0.4 is 5.73 Å². The van der Waals surface area contributed by atoms with E-state index in [4.69, 9.17) is 10.5 Å². The summed E-state index contributed by atoms with van der Waals surface area (Å²) in [7, 11) is 1.85. The van der Waals surface area contributed by atoms with Gasteiger partial charge in [0.25, 0.3) is 0 Å². The van der Waals surface area contributed by atoms with Crippen LogP contribution in [0.1, 0.15) is 41.2 Å². The molecule has 5 heteroatoms. The van der Waals surface area contributed by atoms with Gasteiger partial charge in [0, 0.05) is 38.8 Å². The Morgan fingerprint density at radius 2 is 2.29 bits per heavy atom. The molecule has 2 N–H and O–H groups in total. The van der Waals surface area contributed by atoms with Crippen LogP contribution in [0.2, 0.25) is 0 Å². The molecule has 1 aromatic rings. The topological polar surface area (TPSA) is 70.1 Å². The standard InChI is InChI=1S/C12H19N3O2/c1-15-8-10(11(16)2-5-13)12(14-15)9-3-6-17-7-4-9/h8-9H,2-7,13H2,1H3. The van der Waals surface area contributed by atoms with Crippen molar-refractivity contribution in [3.8, 4) is 0 Å². The van der Waals surface area contributed by atoms with Gasteiger partial charge in [-0.25, -0.2) is 0 Å². The lowest BCUT2D eigenvalue weighted by Gasteiger charge is -2.21. The lowest BCUT2D eigenvalue weighted by Crippen LogP contribution is -2.17. The third kappa shape index (κ3) is 2.73. The van der Waals surface area contributed by atoms with Crippen molar-refractivity contribution < 1.29 is 9.53 Å². The first-order valence-corrected chi connectivity index (χ1v) is 6.07. The number of Topliss-reactive ketones (excluding diaryl/α,β-unsaturated/α-hetero) is 1. The van der Waals surface area contributed by atoms with E-state index in [9.17, 15) is 4.79 Å². The van der Waals surface area contributed by atoms with Gasteiger partial charge in [-0.1, -0.05) is 0 Å². The number of aromatic nitrogens is 2. The van der Waals surface area contributed by atoms with Crippen molar-refractivity contribution in [3.05, 3.63) is 17.5 Å². The Bertz CT molecular complexity index is 394. The van der Waals surface area contributed by atoms with Crippen LogP contribution in [0.5, 0.6) is 0 Å². The second kappa shape index (κ2) is 5.42. The van der Waals surface area contributed by atoms with Crippen LogP contribution in [-0.4, -0.2) is 35.3 Å². The van der Waals surface area contributed by atoms with Gasteiger partial charge in [0.05, 0.1) is 11.3 Å². The van der Waals surface area contributed by atoms with Crippen molar-refractivity contribution >= 4 is 5.78 Å². The summed E-state index contributed by atoms with van der Waals surface area (Å²) in [4.78, 5) is 12.0. The second-order valence-electron chi connectivity index (χ2n) is 4.45. The average molecular weight is 237 g/mol. The number of ether oxygens (including phenoxy) is 1. The monoisotopic (exact) mass is 237 g/mol. The molecule has 5 nitrogen and oxygen atoms in total.